The molecule has 0 fully saturated rings. The Labute approximate surface area is 122 Å². The molecule has 118 valence electrons. The predicted octanol–water partition coefficient (Wildman–Crippen LogP) is 1.38. The Morgan fingerprint density at radius 1 is 1.38 bits per heavy atom. The van der Waals surface area contributed by atoms with Crippen molar-refractivity contribution in [3.05, 3.63) is 11.1 Å². The number of alkyl halides is 3. The summed E-state index contributed by atoms with van der Waals surface area (Å²) in [4.78, 5) is 26.1. The van der Waals surface area contributed by atoms with E-state index in [1.54, 1.807) is 6.92 Å². The van der Waals surface area contributed by atoms with Gasteiger partial charge in [0.25, 0.3) is 0 Å². The van der Waals surface area contributed by atoms with Crippen molar-refractivity contribution in [1.82, 2.24) is 10.3 Å². The molecule has 3 N–H and O–H groups in total. The van der Waals surface area contributed by atoms with Gasteiger partial charge in [-0.3, -0.25) is 14.9 Å². The molecule has 0 aliphatic carbocycles. The Kier molecular flexibility index (Phi) is 5.29. The Morgan fingerprint density at radius 3 is 2.48 bits per heavy atom. The number of carbonyl (C=O) groups excluding carboxylic acids is 2. The third-order valence-corrected chi connectivity index (χ3v) is 3.37. The van der Waals surface area contributed by atoms with Crippen LogP contribution in [-0.2, 0) is 15.8 Å². The number of nitrogens with one attached hydrogen (secondary N) is 2. The van der Waals surface area contributed by atoms with Crippen molar-refractivity contribution in [2.24, 2.45) is 0 Å². The van der Waals surface area contributed by atoms with E-state index < -0.39 is 29.3 Å². The minimum atomic E-state index is -4.61. The van der Waals surface area contributed by atoms with Crippen LogP contribution in [0.4, 0.5) is 18.3 Å². The van der Waals surface area contributed by atoms with Crippen molar-refractivity contribution >= 4 is 28.3 Å². The molecular weight excluding hydrogens is 311 g/mol. The van der Waals surface area contributed by atoms with Gasteiger partial charge in [0.2, 0.25) is 0 Å². The third kappa shape index (κ3) is 5.31. The first-order valence-corrected chi connectivity index (χ1v) is 6.77. The SMILES string of the molecule is CCC(C)(O)CNC(=O)C(=O)Nc1nc(C(F)(F)F)cs1. The largest absolute Gasteiger partial charge is 0.434 e. The number of thiazole rings is 1. The first kappa shape index (κ1) is 17.4. The summed E-state index contributed by atoms with van der Waals surface area (Å²) in [6.07, 6.45) is -4.25. The molecule has 1 heterocycles. The Morgan fingerprint density at radius 2 is 2.00 bits per heavy atom. The van der Waals surface area contributed by atoms with Crippen LogP contribution < -0.4 is 10.6 Å². The molecule has 0 radical (unpaired) electrons. The fourth-order valence-electron chi connectivity index (χ4n) is 1.09. The number of aromatic nitrogens is 1. The van der Waals surface area contributed by atoms with Crippen LogP contribution in [0.3, 0.4) is 0 Å². The lowest BCUT2D eigenvalue weighted by atomic mass is 10.0. The lowest BCUT2D eigenvalue weighted by Crippen LogP contribution is -2.44. The number of carbonyl (C=O) groups is 2. The highest BCUT2D eigenvalue weighted by molar-refractivity contribution is 7.14. The number of hydrogen-bond donors (Lipinski definition) is 3. The standard InChI is InChI=1S/C11H14F3N3O3S/c1-3-10(2,20)5-15-7(18)8(19)17-9-16-6(4-21-9)11(12,13)14/h4,20H,3,5H2,1-2H3,(H,15,18)(H,16,17,19). The second-order valence-electron chi connectivity index (χ2n) is 4.52. The maximum Gasteiger partial charge on any atom is 0.434 e. The van der Waals surface area contributed by atoms with Gasteiger partial charge < -0.3 is 10.4 Å². The summed E-state index contributed by atoms with van der Waals surface area (Å²) < 4.78 is 36.9. The highest BCUT2D eigenvalue weighted by Crippen LogP contribution is 2.31. The predicted molar refractivity (Wildman–Crippen MR) is 69.7 cm³/mol. The van der Waals surface area contributed by atoms with Crippen molar-refractivity contribution in [3.8, 4) is 0 Å². The van der Waals surface area contributed by atoms with Crippen molar-refractivity contribution < 1.29 is 27.9 Å². The smallest absolute Gasteiger partial charge is 0.388 e. The fourth-order valence-corrected chi connectivity index (χ4v) is 1.80. The Hall–Kier alpha value is -1.68. The molecule has 1 unspecified atom stereocenters. The molecule has 1 aromatic heterocycles. The molecule has 0 aliphatic heterocycles. The Balaban J connectivity index is 2.57. The molecule has 0 aromatic carbocycles. The summed E-state index contributed by atoms with van der Waals surface area (Å²) in [5.41, 5.74) is -2.31. The molecule has 0 saturated carbocycles. The zero-order chi connectivity index (χ0) is 16.3. The molecule has 2 amide bonds. The summed E-state index contributed by atoms with van der Waals surface area (Å²) in [7, 11) is 0. The van der Waals surface area contributed by atoms with E-state index in [2.05, 4.69) is 10.3 Å². The number of anilines is 1. The fraction of sp³-hybridized carbons (Fsp3) is 0.545. The van der Waals surface area contributed by atoms with Gasteiger partial charge in [0, 0.05) is 11.9 Å². The quantitative estimate of drug-likeness (QED) is 0.729. The molecule has 0 spiro atoms. The number of halogens is 3. The van der Waals surface area contributed by atoms with Gasteiger partial charge in [-0.05, 0) is 13.3 Å². The van der Waals surface area contributed by atoms with Gasteiger partial charge in [0.05, 0.1) is 5.60 Å². The molecule has 0 aliphatic rings. The minimum absolute atomic E-state index is 0.151. The topological polar surface area (TPSA) is 91.3 Å². The van der Waals surface area contributed by atoms with Crippen molar-refractivity contribution in [3.63, 3.8) is 0 Å². The summed E-state index contributed by atoms with van der Waals surface area (Å²) in [6, 6.07) is 0. The van der Waals surface area contributed by atoms with Gasteiger partial charge in [0.15, 0.2) is 10.8 Å². The second kappa shape index (κ2) is 6.39. The van der Waals surface area contributed by atoms with Gasteiger partial charge in [-0.2, -0.15) is 13.2 Å². The van der Waals surface area contributed by atoms with Gasteiger partial charge >= 0.3 is 18.0 Å². The number of hydrogen-bond acceptors (Lipinski definition) is 5. The molecule has 1 rings (SSSR count). The van der Waals surface area contributed by atoms with Crippen LogP contribution in [-0.4, -0.2) is 34.1 Å². The van der Waals surface area contributed by atoms with Gasteiger partial charge in [-0.25, -0.2) is 4.98 Å². The summed E-state index contributed by atoms with van der Waals surface area (Å²) in [5, 5.41) is 14.2. The zero-order valence-electron chi connectivity index (χ0n) is 11.2. The molecule has 10 heteroatoms. The lowest BCUT2D eigenvalue weighted by molar-refractivity contribution is -0.140. The maximum absolute atomic E-state index is 12.3. The molecular formula is C11H14F3N3O3S. The normalized spacial score (nSPS) is 14.4. The van der Waals surface area contributed by atoms with E-state index in [0.717, 1.165) is 5.38 Å². The van der Waals surface area contributed by atoms with Gasteiger partial charge in [-0.15, -0.1) is 11.3 Å². The molecule has 6 nitrogen and oxygen atoms in total. The number of nitrogens with zero attached hydrogens (tertiary/aromatic N) is 1. The molecule has 1 atom stereocenters. The molecule has 21 heavy (non-hydrogen) atoms. The second-order valence-corrected chi connectivity index (χ2v) is 5.38. The summed E-state index contributed by atoms with van der Waals surface area (Å²) in [5.74, 6) is -2.21. The van der Waals surface area contributed by atoms with Crippen LogP contribution >= 0.6 is 11.3 Å². The van der Waals surface area contributed by atoms with Crippen LogP contribution in [0.25, 0.3) is 0 Å². The van der Waals surface area contributed by atoms with E-state index in [1.165, 1.54) is 6.92 Å². The van der Waals surface area contributed by atoms with E-state index in [4.69, 9.17) is 0 Å². The monoisotopic (exact) mass is 325 g/mol. The number of amides is 2. The molecule has 0 bridgehead atoms. The van der Waals surface area contributed by atoms with Crippen molar-refractivity contribution in [1.29, 1.82) is 0 Å². The highest BCUT2D eigenvalue weighted by atomic mass is 32.1. The summed E-state index contributed by atoms with van der Waals surface area (Å²) in [6.45, 7) is 3.02. The van der Waals surface area contributed by atoms with Crippen LogP contribution in [0.1, 0.15) is 26.0 Å². The van der Waals surface area contributed by atoms with Gasteiger partial charge in [-0.1, -0.05) is 6.92 Å². The Bertz CT molecular complexity index is 528. The van der Waals surface area contributed by atoms with Crippen LogP contribution in [0.5, 0.6) is 0 Å². The average molecular weight is 325 g/mol. The first-order valence-electron chi connectivity index (χ1n) is 5.89. The van der Waals surface area contributed by atoms with Gasteiger partial charge in [0.1, 0.15) is 0 Å². The van der Waals surface area contributed by atoms with Crippen LogP contribution in [0.2, 0.25) is 0 Å². The van der Waals surface area contributed by atoms with Crippen LogP contribution in [0, 0.1) is 0 Å². The van der Waals surface area contributed by atoms with E-state index in [-0.39, 0.29) is 11.7 Å². The van der Waals surface area contributed by atoms with Crippen molar-refractivity contribution in [2.75, 3.05) is 11.9 Å². The maximum atomic E-state index is 12.3. The number of aliphatic hydroxyl groups is 1. The third-order valence-electron chi connectivity index (χ3n) is 2.61. The number of rotatable bonds is 4. The zero-order valence-corrected chi connectivity index (χ0v) is 12.1. The van der Waals surface area contributed by atoms with Crippen molar-refractivity contribution in [2.45, 2.75) is 32.0 Å². The average Bonchev–Trinajstić information content (AvgIpc) is 2.84. The minimum Gasteiger partial charge on any atom is -0.388 e. The van der Waals surface area contributed by atoms with Crippen LogP contribution in [0.15, 0.2) is 5.38 Å². The molecule has 1 aromatic rings. The summed E-state index contributed by atoms with van der Waals surface area (Å²) >= 11 is 0.558. The highest BCUT2D eigenvalue weighted by Gasteiger charge is 2.34. The first-order chi connectivity index (χ1) is 9.55. The lowest BCUT2D eigenvalue weighted by Gasteiger charge is -2.21. The van der Waals surface area contributed by atoms with E-state index in [1.807, 2.05) is 5.32 Å². The molecule has 0 saturated heterocycles. The van der Waals surface area contributed by atoms with E-state index in [9.17, 15) is 27.9 Å². The van der Waals surface area contributed by atoms with E-state index in [0.29, 0.717) is 17.8 Å². The van der Waals surface area contributed by atoms with E-state index >= 15 is 0 Å².